The van der Waals surface area contributed by atoms with Gasteiger partial charge in [0.25, 0.3) is 0 Å². The maximum Gasteiger partial charge on any atom is 0.147 e. The Balaban J connectivity index is 3.02. The molecule has 0 fully saturated rings. The first-order valence-corrected chi connectivity index (χ1v) is 3.36. The molecule has 0 spiro atoms. The molecule has 58 valence electrons. The molecule has 1 rings (SSSR count). The van der Waals surface area contributed by atoms with E-state index in [0.29, 0.717) is 0 Å². The van der Waals surface area contributed by atoms with Gasteiger partial charge in [-0.2, -0.15) is 0 Å². The summed E-state index contributed by atoms with van der Waals surface area (Å²) in [5.41, 5.74) is 1.64. The summed E-state index contributed by atoms with van der Waals surface area (Å²) < 4.78 is 1.81. The second-order valence-electron chi connectivity index (χ2n) is 2.36. The second kappa shape index (κ2) is 3.14. The van der Waals surface area contributed by atoms with Crippen molar-refractivity contribution < 1.29 is 4.79 Å². The van der Waals surface area contributed by atoms with Crippen molar-refractivity contribution in [3.63, 3.8) is 0 Å². The highest BCUT2D eigenvalue weighted by molar-refractivity contribution is 5.81. The van der Waals surface area contributed by atoms with Crippen LogP contribution in [0.3, 0.4) is 0 Å². The van der Waals surface area contributed by atoms with Gasteiger partial charge in [-0.15, -0.1) is 0 Å². The molecule has 0 amide bonds. The third-order valence-electron chi connectivity index (χ3n) is 1.64. The maximum absolute atomic E-state index is 10.3. The standard InChI is InChI=1S/C8H10N2O/c1-7(5-11)8(2)10-4-3-9-6-10/h3-6H,1-2H3. The summed E-state index contributed by atoms with van der Waals surface area (Å²) in [6.45, 7) is 3.66. The van der Waals surface area contributed by atoms with Crippen molar-refractivity contribution in [1.82, 2.24) is 9.55 Å². The molecule has 0 bridgehead atoms. The van der Waals surface area contributed by atoms with Crippen LogP contribution >= 0.6 is 0 Å². The highest BCUT2D eigenvalue weighted by Crippen LogP contribution is 2.06. The highest BCUT2D eigenvalue weighted by atomic mass is 16.1. The largest absolute Gasteiger partial charge is 0.310 e. The average molecular weight is 150 g/mol. The highest BCUT2D eigenvalue weighted by Gasteiger charge is 1.95. The van der Waals surface area contributed by atoms with Crippen LogP contribution < -0.4 is 0 Å². The monoisotopic (exact) mass is 150 g/mol. The number of nitrogens with zero attached hydrogens (tertiary/aromatic N) is 2. The molecule has 3 heteroatoms. The fraction of sp³-hybridized carbons (Fsp3) is 0.250. The summed E-state index contributed by atoms with van der Waals surface area (Å²) in [5, 5.41) is 0. The SMILES string of the molecule is CC(C=O)=C(C)n1ccnc1. The van der Waals surface area contributed by atoms with Crippen LogP contribution in [0.2, 0.25) is 0 Å². The van der Waals surface area contributed by atoms with E-state index in [-0.39, 0.29) is 0 Å². The summed E-state index contributed by atoms with van der Waals surface area (Å²) in [7, 11) is 0. The molecule has 11 heavy (non-hydrogen) atoms. The van der Waals surface area contributed by atoms with Crippen molar-refractivity contribution in [2.24, 2.45) is 0 Å². The van der Waals surface area contributed by atoms with Crippen molar-refractivity contribution in [3.8, 4) is 0 Å². The van der Waals surface area contributed by atoms with Gasteiger partial charge >= 0.3 is 0 Å². The lowest BCUT2D eigenvalue weighted by molar-refractivity contribution is -0.104. The van der Waals surface area contributed by atoms with Crippen LogP contribution in [-0.4, -0.2) is 15.8 Å². The summed E-state index contributed by atoms with van der Waals surface area (Å²) in [6, 6.07) is 0. The van der Waals surface area contributed by atoms with Gasteiger partial charge in [-0.1, -0.05) is 0 Å². The van der Waals surface area contributed by atoms with E-state index < -0.39 is 0 Å². The molecular weight excluding hydrogens is 140 g/mol. The summed E-state index contributed by atoms with van der Waals surface area (Å²) in [4.78, 5) is 14.2. The van der Waals surface area contributed by atoms with E-state index in [1.807, 2.05) is 17.7 Å². The van der Waals surface area contributed by atoms with Gasteiger partial charge in [0, 0.05) is 23.7 Å². The summed E-state index contributed by atoms with van der Waals surface area (Å²) >= 11 is 0. The van der Waals surface area contributed by atoms with Gasteiger partial charge in [0.15, 0.2) is 0 Å². The predicted molar refractivity (Wildman–Crippen MR) is 42.9 cm³/mol. The number of carbonyl (C=O) groups is 1. The molecule has 1 aromatic rings. The normalized spacial score (nSPS) is 12.5. The minimum Gasteiger partial charge on any atom is -0.310 e. The van der Waals surface area contributed by atoms with Crippen molar-refractivity contribution in [2.75, 3.05) is 0 Å². The Bertz CT molecular complexity index is 272. The minimum absolute atomic E-state index is 0.725. The molecule has 1 heterocycles. The molecule has 0 aromatic carbocycles. The van der Waals surface area contributed by atoms with Gasteiger partial charge in [-0.05, 0) is 13.8 Å². The van der Waals surface area contributed by atoms with Gasteiger partial charge in [-0.3, -0.25) is 4.79 Å². The van der Waals surface area contributed by atoms with E-state index in [9.17, 15) is 4.79 Å². The second-order valence-corrected chi connectivity index (χ2v) is 2.36. The zero-order valence-electron chi connectivity index (χ0n) is 6.61. The Morgan fingerprint density at radius 1 is 1.55 bits per heavy atom. The van der Waals surface area contributed by atoms with Crippen LogP contribution in [-0.2, 0) is 4.79 Å². The van der Waals surface area contributed by atoms with E-state index >= 15 is 0 Å². The van der Waals surface area contributed by atoms with Gasteiger partial charge in [0.05, 0.1) is 6.33 Å². The molecule has 0 N–H and O–H groups in total. The molecule has 0 atom stereocenters. The van der Waals surface area contributed by atoms with Crippen LogP contribution in [0.1, 0.15) is 13.8 Å². The molecule has 0 radical (unpaired) electrons. The molecule has 1 aromatic heterocycles. The third-order valence-corrected chi connectivity index (χ3v) is 1.64. The zero-order valence-corrected chi connectivity index (χ0v) is 6.61. The lowest BCUT2D eigenvalue weighted by Crippen LogP contribution is -1.93. The Hall–Kier alpha value is -1.38. The number of carbonyl (C=O) groups excluding carboxylic acids is 1. The van der Waals surface area contributed by atoms with Gasteiger partial charge in [0.2, 0.25) is 0 Å². The molecular formula is C8H10N2O. The fourth-order valence-corrected chi connectivity index (χ4v) is 0.746. The Labute approximate surface area is 65.4 Å². The zero-order chi connectivity index (χ0) is 8.27. The molecule has 0 aliphatic carbocycles. The summed E-state index contributed by atoms with van der Waals surface area (Å²) in [5.74, 6) is 0. The van der Waals surface area contributed by atoms with Crippen molar-refractivity contribution >= 4 is 12.0 Å². The van der Waals surface area contributed by atoms with Crippen molar-refractivity contribution in [3.05, 3.63) is 24.3 Å². The van der Waals surface area contributed by atoms with Crippen molar-refractivity contribution in [1.29, 1.82) is 0 Å². The van der Waals surface area contributed by atoms with Crippen LogP contribution in [0.25, 0.3) is 5.70 Å². The van der Waals surface area contributed by atoms with E-state index in [2.05, 4.69) is 4.98 Å². The number of allylic oxidation sites excluding steroid dienone is 2. The predicted octanol–water partition coefficient (Wildman–Crippen LogP) is 1.33. The lowest BCUT2D eigenvalue weighted by atomic mass is 10.3. The topological polar surface area (TPSA) is 34.9 Å². The molecule has 0 aliphatic heterocycles. The Kier molecular flexibility index (Phi) is 2.21. The van der Waals surface area contributed by atoms with Crippen LogP contribution in [0.4, 0.5) is 0 Å². The van der Waals surface area contributed by atoms with Gasteiger partial charge < -0.3 is 4.57 Å². The molecule has 0 unspecified atom stereocenters. The third kappa shape index (κ3) is 1.55. The smallest absolute Gasteiger partial charge is 0.147 e. The first-order chi connectivity index (χ1) is 5.25. The Morgan fingerprint density at radius 3 is 2.73 bits per heavy atom. The van der Waals surface area contributed by atoms with Crippen LogP contribution in [0.5, 0.6) is 0 Å². The fourth-order valence-electron chi connectivity index (χ4n) is 0.746. The van der Waals surface area contributed by atoms with Gasteiger partial charge in [0.1, 0.15) is 6.29 Å². The maximum atomic E-state index is 10.3. The van der Waals surface area contributed by atoms with Crippen LogP contribution in [0.15, 0.2) is 24.3 Å². The first-order valence-electron chi connectivity index (χ1n) is 3.36. The molecule has 0 saturated carbocycles. The Morgan fingerprint density at radius 2 is 2.27 bits per heavy atom. The molecule has 3 nitrogen and oxygen atoms in total. The van der Waals surface area contributed by atoms with Gasteiger partial charge in [-0.25, -0.2) is 4.98 Å². The lowest BCUT2D eigenvalue weighted by Gasteiger charge is -2.01. The molecule has 0 aliphatic rings. The minimum atomic E-state index is 0.725. The number of aldehydes is 1. The number of hydrogen-bond donors (Lipinski definition) is 0. The number of rotatable bonds is 2. The number of imidazole rings is 1. The van der Waals surface area contributed by atoms with E-state index in [1.54, 1.807) is 19.4 Å². The average Bonchev–Trinajstić information content (AvgIpc) is 2.53. The van der Waals surface area contributed by atoms with Crippen LogP contribution in [0, 0.1) is 0 Å². The summed E-state index contributed by atoms with van der Waals surface area (Å²) in [6.07, 6.45) is 6.00. The van der Waals surface area contributed by atoms with E-state index in [1.165, 1.54) is 0 Å². The van der Waals surface area contributed by atoms with E-state index in [0.717, 1.165) is 17.6 Å². The number of aromatic nitrogens is 2. The first kappa shape index (κ1) is 7.72. The molecule has 0 saturated heterocycles. The van der Waals surface area contributed by atoms with E-state index in [4.69, 9.17) is 0 Å². The number of hydrogen-bond acceptors (Lipinski definition) is 2. The van der Waals surface area contributed by atoms with Crippen molar-refractivity contribution in [2.45, 2.75) is 13.8 Å². The quantitative estimate of drug-likeness (QED) is 0.471.